The van der Waals surface area contributed by atoms with Crippen LogP contribution < -0.4 is 0 Å². The van der Waals surface area contributed by atoms with E-state index in [0.29, 0.717) is 17.8 Å². The maximum atomic E-state index is 13.2. The molecule has 0 atom stereocenters. The number of likely N-dealkylation sites (N-methyl/N-ethyl adjacent to an activating group) is 1. The Morgan fingerprint density at radius 3 is 2.37 bits per heavy atom. The van der Waals surface area contributed by atoms with Gasteiger partial charge in [0, 0.05) is 45.3 Å². The molecular weight excluding hydrogens is 389 g/mol. The molecule has 0 aromatic heterocycles. The van der Waals surface area contributed by atoms with Gasteiger partial charge in [0.15, 0.2) is 0 Å². The molecule has 1 aliphatic heterocycles. The summed E-state index contributed by atoms with van der Waals surface area (Å²) in [7, 11) is 0. The summed E-state index contributed by atoms with van der Waals surface area (Å²) in [5.74, 6) is -1.20. The number of hydrogen-bond acceptors (Lipinski definition) is 1. The standard InChI is InChI=1S/C14H11BrF2N.Y/c1-3-18-9(2)13(15)4-5-14(18)10-6-11(16)8-12(17)7-10;/h4,6-8H,2-3H2,1H3;/q-1;. The largest absolute Gasteiger partial charge is 0.375 e. The molecular formula is C14H11BrF2NY-. The van der Waals surface area contributed by atoms with Crippen LogP contribution in [-0.2, 0) is 32.7 Å². The third-order valence-electron chi connectivity index (χ3n) is 2.66. The Balaban J connectivity index is 0.00000180. The smallest absolute Gasteiger partial charge is 0.114 e. The molecule has 0 unspecified atom stereocenters. The average molecular weight is 400 g/mol. The maximum absolute atomic E-state index is 13.2. The SMILES string of the molecule is C=C1C(Br)=C[C-]=C(c2cc(F)cc(F)c2)N1CC.[Y]. The predicted molar refractivity (Wildman–Crippen MR) is 71.5 cm³/mol. The number of rotatable bonds is 2. The summed E-state index contributed by atoms with van der Waals surface area (Å²) >= 11 is 3.36. The molecule has 1 heterocycles. The van der Waals surface area contributed by atoms with Crippen LogP contribution in [0.15, 0.2) is 41.0 Å². The number of nitrogens with zero attached hydrogens (tertiary/aromatic N) is 1. The Labute approximate surface area is 145 Å². The van der Waals surface area contributed by atoms with Crippen molar-refractivity contribution >= 4 is 21.6 Å². The summed E-state index contributed by atoms with van der Waals surface area (Å²) in [6, 6.07) is 3.42. The van der Waals surface area contributed by atoms with E-state index in [4.69, 9.17) is 0 Å². The maximum Gasteiger partial charge on any atom is 0.114 e. The number of hydrogen-bond donors (Lipinski definition) is 0. The van der Waals surface area contributed by atoms with Gasteiger partial charge in [-0.25, -0.2) is 8.78 Å². The van der Waals surface area contributed by atoms with Gasteiger partial charge in [-0.1, -0.05) is 34.5 Å². The van der Waals surface area contributed by atoms with Crippen molar-refractivity contribution in [2.24, 2.45) is 0 Å². The zero-order chi connectivity index (χ0) is 13.3. The van der Waals surface area contributed by atoms with E-state index in [9.17, 15) is 8.78 Å². The molecule has 1 aliphatic rings. The van der Waals surface area contributed by atoms with Gasteiger partial charge in [0.1, 0.15) is 11.6 Å². The molecule has 0 spiro atoms. The first-order valence-corrected chi connectivity index (χ1v) is 6.24. The zero-order valence-electron chi connectivity index (χ0n) is 10.4. The van der Waals surface area contributed by atoms with Crippen LogP contribution in [0.5, 0.6) is 0 Å². The zero-order valence-corrected chi connectivity index (χ0v) is 14.8. The summed E-state index contributed by atoms with van der Waals surface area (Å²) in [5, 5.41) is 0. The Bertz CT molecular complexity index is 546. The van der Waals surface area contributed by atoms with Gasteiger partial charge < -0.3 is 4.90 Å². The van der Waals surface area contributed by atoms with Gasteiger partial charge in [0.2, 0.25) is 0 Å². The van der Waals surface area contributed by atoms with Gasteiger partial charge in [-0.2, -0.15) is 12.2 Å². The van der Waals surface area contributed by atoms with Crippen molar-refractivity contribution in [2.45, 2.75) is 6.92 Å². The van der Waals surface area contributed by atoms with Gasteiger partial charge >= 0.3 is 0 Å². The first kappa shape index (κ1) is 16.7. The van der Waals surface area contributed by atoms with Crippen molar-refractivity contribution in [3.05, 3.63) is 64.3 Å². The van der Waals surface area contributed by atoms with Crippen LogP contribution >= 0.6 is 15.9 Å². The molecule has 97 valence electrons. The van der Waals surface area contributed by atoms with Gasteiger partial charge in [-0.15, -0.1) is 15.9 Å². The van der Waals surface area contributed by atoms with E-state index in [-0.39, 0.29) is 32.7 Å². The van der Waals surface area contributed by atoms with Gasteiger partial charge in [0.25, 0.3) is 0 Å². The summed E-state index contributed by atoms with van der Waals surface area (Å²) in [5.41, 5.74) is 1.81. The van der Waals surface area contributed by atoms with E-state index in [0.717, 1.165) is 16.2 Å². The van der Waals surface area contributed by atoms with E-state index >= 15 is 0 Å². The Kier molecular flexibility index (Phi) is 6.09. The molecule has 2 rings (SSSR count). The fourth-order valence-electron chi connectivity index (χ4n) is 1.84. The fraction of sp³-hybridized carbons (Fsp3) is 0.143. The summed E-state index contributed by atoms with van der Waals surface area (Å²) in [6.07, 6.45) is 4.71. The number of benzene rings is 1. The molecule has 0 fully saturated rings. The van der Waals surface area contributed by atoms with Crippen molar-refractivity contribution in [3.8, 4) is 0 Å². The van der Waals surface area contributed by atoms with E-state index in [1.807, 2.05) is 11.8 Å². The molecule has 0 saturated heterocycles. The van der Waals surface area contributed by atoms with Crippen molar-refractivity contribution in [2.75, 3.05) is 6.54 Å². The minimum Gasteiger partial charge on any atom is -0.375 e. The van der Waals surface area contributed by atoms with Crippen LogP contribution in [-0.4, -0.2) is 11.4 Å². The Morgan fingerprint density at radius 2 is 1.84 bits per heavy atom. The second kappa shape index (κ2) is 6.91. The predicted octanol–water partition coefficient (Wildman–Crippen LogP) is 4.23. The molecule has 1 radical (unpaired) electrons. The first-order chi connectivity index (χ1) is 8.52. The summed E-state index contributed by atoms with van der Waals surface area (Å²) in [6.45, 7) is 6.51. The second-order valence-electron chi connectivity index (χ2n) is 3.83. The van der Waals surface area contributed by atoms with Gasteiger partial charge in [-0.3, -0.25) is 0 Å². The minimum absolute atomic E-state index is 0. The molecule has 0 saturated carbocycles. The third kappa shape index (κ3) is 3.62. The van der Waals surface area contributed by atoms with Crippen LogP contribution in [0.1, 0.15) is 12.5 Å². The number of allylic oxidation sites excluding steroid dienone is 3. The van der Waals surface area contributed by atoms with Crippen LogP contribution in [0.4, 0.5) is 8.78 Å². The van der Waals surface area contributed by atoms with E-state index in [1.54, 1.807) is 6.08 Å². The minimum atomic E-state index is -0.602. The van der Waals surface area contributed by atoms with E-state index in [2.05, 4.69) is 28.6 Å². The molecule has 0 amide bonds. The molecule has 1 aromatic carbocycles. The fourth-order valence-corrected chi connectivity index (χ4v) is 2.16. The van der Waals surface area contributed by atoms with Crippen molar-refractivity contribution in [1.29, 1.82) is 0 Å². The normalized spacial score (nSPS) is 14.7. The average Bonchev–Trinajstić information content (AvgIpc) is 2.31. The van der Waals surface area contributed by atoms with E-state index < -0.39 is 11.6 Å². The molecule has 0 bridgehead atoms. The number of halogens is 3. The Morgan fingerprint density at radius 1 is 1.26 bits per heavy atom. The second-order valence-corrected chi connectivity index (χ2v) is 4.69. The molecule has 0 aliphatic carbocycles. The van der Waals surface area contributed by atoms with Gasteiger partial charge in [0.05, 0.1) is 0 Å². The first-order valence-electron chi connectivity index (χ1n) is 5.45. The molecule has 1 nitrogen and oxygen atoms in total. The monoisotopic (exact) mass is 399 g/mol. The third-order valence-corrected chi connectivity index (χ3v) is 3.35. The van der Waals surface area contributed by atoms with Crippen LogP contribution in [0, 0.1) is 17.7 Å². The summed E-state index contributed by atoms with van der Waals surface area (Å²) < 4.78 is 27.3. The summed E-state index contributed by atoms with van der Waals surface area (Å²) in [4.78, 5) is 1.85. The van der Waals surface area contributed by atoms with Crippen molar-refractivity contribution in [3.63, 3.8) is 0 Å². The Hall–Kier alpha value is -0.316. The van der Waals surface area contributed by atoms with Crippen LogP contribution in [0.25, 0.3) is 5.70 Å². The quantitative estimate of drug-likeness (QED) is 0.672. The molecule has 1 aromatic rings. The van der Waals surface area contributed by atoms with Crippen molar-refractivity contribution < 1.29 is 41.5 Å². The van der Waals surface area contributed by atoms with Crippen molar-refractivity contribution in [1.82, 2.24) is 4.90 Å². The van der Waals surface area contributed by atoms with E-state index in [1.165, 1.54) is 12.1 Å². The topological polar surface area (TPSA) is 3.24 Å². The van der Waals surface area contributed by atoms with Crippen LogP contribution in [0.3, 0.4) is 0 Å². The van der Waals surface area contributed by atoms with Crippen LogP contribution in [0.2, 0.25) is 0 Å². The molecule has 0 N–H and O–H groups in total. The molecule has 5 heteroatoms. The molecule has 19 heavy (non-hydrogen) atoms. The van der Waals surface area contributed by atoms with Gasteiger partial charge in [-0.05, 0) is 12.6 Å².